The highest BCUT2D eigenvalue weighted by molar-refractivity contribution is 5.93. The average molecular weight is 438 g/mol. The maximum atomic E-state index is 13.2. The van der Waals surface area contributed by atoms with Gasteiger partial charge in [-0.25, -0.2) is 9.07 Å². The molecule has 1 aliphatic rings. The van der Waals surface area contributed by atoms with Crippen molar-refractivity contribution in [3.05, 3.63) is 76.9 Å². The Morgan fingerprint density at radius 2 is 1.69 bits per heavy atom. The summed E-state index contributed by atoms with van der Waals surface area (Å²) in [4.78, 5) is 15.0. The van der Waals surface area contributed by atoms with Gasteiger partial charge >= 0.3 is 0 Å². The summed E-state index contributed by atoms with van der Waals surface area (Å²) in [6.07, 6.45) is 0.496. The Balaban J connectivity index is 1.34. The number of amides is 1. The lowest BCUT2D eigenvalue weighted by molar-refractivity contribution is -0.0704. The first-order valence-electron chi connectivity index (χ1n) is 10.8. The minimum atomic E-state index is -0.329. The zero-order valence-corrected chi connectivity index (χ0v) is 18.6. The maximum Gasteiger partial charge on any atom is 0.274 e. The minimum absolute atomic E-state index is 0.248. The normalized spacial score (nSPS) is 19.1. The zero-order valence-electron chi connectivity index (χ0n) is 18.6. The van der Waals surface area contributed by atoms with E-state index in [9.17, 15) is 9.18 Å². The lowest BCUT2D eigenvalue weighted by atomic mass is 10.1. The number of aromatic nitrogens is 3. The summed E-state index contributed by atoms with van der Waals surface area (Å²) in [6.45, 7) is 9.12. The molecule has 1 aromatic heterocycles. The second-order valence-corrected chi connectivity index (χ2v) is 8.36. The average Bonchev–Trinajstić information content (AvgIpc) is 3.14. The largest absolute Gasteiger partial charge is 0.373 e. The van der Waals surface area contributed by atoms with Crippen molar-refractivity contribution in [2.24, 2.45) is 0 Å². The monoisotopic (exact) mass is 437 g/mol. The van der Waals surface area contributed by atoms with Gasteiger partial charge in [0.25, 0.3) is 5.91 Å². The van der Waals surface area contributed by atoms with E-state index in [2.05, 4.69) is 46.5 Å². The van der Waals surface area contributed by atoms with Gasteiger partial charge in [-0.15, -0.1) is 5.10 Å². The SMILES string of the molecule is Cc1c(C(=O)NCc2ccc(CN3CC(C)OC(C)C3)cc2)nnn1-c1ccc(F)cc1. The van der Waals surface area contributed by atoms with Crippen molar-refractivity contribution in [1.82, 2.24) is 25.2 Å². The second-order valence-electron chi connectivity index (χ2n) is 8.36. The molecule has 0 bridgehead atoms. The molecule has 1 amide bonds. The molecule has 3 aromatic rings. The molecular weight excluding hydrogens is 409 g/mol. The van der Waals surface area contributed by atoms with Crippen LogP contribution in [0.3, 0.4) is 0 Å². The fourth-order valence-corrected chi connectivity index (χ4v) is 4.07. The number of carbonyl (C=O) groups excluding carboxylic acids is 1. The van der Waals surface area contributed by atoms with Gasteiger partial charge in [-0.05, 0) is 56.2 Å². The van der Waals surface area contributed by atoms with Crippen LogP contribution in [0, 0.1) is 12.7 Å². The molecule has 168 valence electrons. The van der Waals surface area contributed by atoms with Crippen molar-refractivity contribution in [2.45, 2.75) is 46.1 Å². The predicted octanol–water partition coefficient (Wildman–Crippen LogP) is 3.25. The second kappa shape index (κ2) is 9.58. The topological polar surface area (TPSA) is 72.3 Å². The molecule has 2 unspecified atom stereocenters. The Hall–Kier alpha value is -3.10. The van der Waals surface area contributed by atoms with E-state index in [0.29, 0.717) is 17.9 Å². The third kappa shape index (κ3) is 5.20. The summed E-state index contributed by atoms with van der Waals surface area (Å²) in [5.74, 6) is -0.624. The van der Waals surface area contributed by atoms with Crippen LogP contribution in [0.4, 0.5) is 4.39 Å². The van der Waals surface area contributed by atoms with E-state index in [-0.39, 0.29) is 29.6 Å². The number of morpholine rings is 1. The fourth-order valence-electron chi connectivity index (χ4n) is 4.07. The first-order chi connectivity index (χ1) is 15.4. The number of nitrogens with zero attached hydrogens (tertiary/aromatic N) is 4. The van der Waals surface area contributed by atoms with Crippen molar-refractivity contribution >= 4 is 5.91 Å². The minimum Gasteiger partial charge on any atom is -0.373 e. The summed E-state index contributed by atoms with van der Waals surface area (Å²) in [5.41, 5.74) is 3.74. The van der Waals surface area contributed by atoms with Crippen molar-refractivity contribution in [3.8, 4) is 5.69 Å². The van der Waals surface area contributed by atoms with E-state index in [1.165, 1.54) is 22.4 Å². The summed E-state index contributed by atoms with van der Waals surface area (Å²) in [6, 6.07) is 14.2. The summed E-state index contributed by atoms with van der Waals surface area (Å²) in [5, 5.41) is 10.9. The van der Waals surface area contributed by atoms with Gasteiger partial charge in [0.05, 0.1) is 23.6 Å². The number of hydrogen-bond donors (Lipinski definition) is 1. The van der Waals surface area contributed by atoms with Crippen LogP contribution in [-0.2, 0) is 17.8 Å². The Bertz CT molecular complexity index is 1050. The molecule has 1 fully saturated rings. The van der Waals surface area contributed by atoms with Crippen molar-refractivity contribution in [2.75, 3.05) is 13.1 Å². The Labute approximate surface area is 187 Å². The molecule has 1 aliphatic heterocycles. The number of hydrogen-bond acceptors (Lipinski definition) is 5. The van der Waals surface area contributed by atoms with Crippen LogP contribution >= 0.6 is 0 Å². The predicted molar refractivity (Wildman–Crippen MR) is 119 cm³/mol. The molecule has 8 heteroatoms. The van der Waals surface area contributed by atoms with E-state index in [1.807, 2.05) is 12.1 Å². The molecular formula is C24H28FN5O2. The number of carbonyl (C=O) groups is 1. The van der Waals surface area contributed by atoms with E-state index in [0.717, 1.165) is 25.2 Å². The quantitative estimate of drug-likeness (QED) is 0.641. The Morgan fingerprint density at radius 3 is 2.34 bits per heavy atom. The summed E-state index contributed by atoms with van der Waals surface area (Å²) in [7, 11) is 0. The number of benzene rings is 2. The van der Waals surface area contributed by atoms with Crippen LogP contribution in [0.5, 0.6) is 0 Å². The molecule has 1 saturated heterocycles. The van der Waals surface area contributed by atoms with Gasteiger partial charge in [0.15, 0.2) is 5.69 Å². The molecule has 2 atom stereocenters. The van der Waals surface area contributed by atoms with Gasteiger partial charge in [-0.2, -0.15) is 0 Å². The van der Waals surface area contributed by atoms with E-state index in [1.54, 1.807) is 19.1 Å². The molecule has 2 heterocycles. The lowest BCUT2D eigenvalue weighted by Crippen LogP contribution is -2.44. The molecule has 0 radical (unpaired) electrons. The van der Waals surface area contributed by atoms with E-state index < -0.39 is 0 Å². The standard InChI is InChI=1S/C24H28FN5O2/c1-16-13-29(14-17(2)32-16)15-20-6-4-19(5-7-20)12-26-24(31)23-18(3)30(28-27-23)22-10-8-21(25)9-11-22/h4-11,16-17H,12-15H2,1-3H3,(H,26,31). The molecule has 0 spiro atoms. The highest BCUT2D eigenvalue weighted by Gasteiger charge is 2.22. The molecule has 1 N–H and O–H groups in total. The van der Waals surface area contributed by atoms with Crippen LogP contribution in [0.15, 0.2) is 48.5 Å². The zero-order chi connectivity index (χ0) is 22.7. The van der Waals surface area contributed by atoms with Gasteiger partial charge in [0.2, 0.25) is 0 Å². The molecule has 32 heavy (non-hydrogen) atoms. The highest BCUT2D eigenvalue weighted by atomic mass is 19.1. The van der Waals surface area contributed by atoms with Gasteiger partial charge in [-0.1, -0.05) is 29.5 Å². The van der Waals surface area contributed by atoms with Crippen LogP contribution in [-0.4, -0.2) is 51.1 Å². The summed E-state index contributed by atoms with van der Waals surface area (Å²) >= 11 is 0. The molecule has 7 nitrogen and oxygen atoms in total. The van der Waals surface area contributed by atoms with Gasteiger partial charge in [0.1, 0.15) is 5.82 Å². The van der Waals surface area contributed by atoms with Crippen molar-refractivity contribution < 1.29 is 13.9 Å². The van der Waals surface area contributed by atoms with Crippen LogP contribution in [0.25, 0.3) is 5.69 Å². The van der Waals surface area contributed by atoms with Gasteiger partial charge in [-0.3, -0.25) is 9.69 Å². The maximum absolute atomic E-state index is 13.2. The smallest absolute Gasteiger partial charge is 0.274 e. The van der Waals surface area contributed by atoms with Crippen molar-refractivity contribution in [3.63, 3.8) is 0 Å². The third-order valence-corrected chi connectivity index (χ3v) is 5.56. The number of ether oxygens (including phenoxy) is 1. The third-order valence-electron chi connectivity index (χ3n) is 5.56. The van der Waals surface area contributed by atoms with Crippen molar-refractivity contribution in [1.29, 1.82) is 0 Å². The Morgan fingerprint density at radius 1 is 1.06 bits per heavy atom. The van der Waals surface area contributed by atoms with E-state index >= 15 is 0 Å². The summed E-state index contributed by atoms with van der Waals surface area (Å²) < 4.78 is 20.5. The van der Waals surface area contributed by atoms with Crippen LogP contribution in [0.1, 0.15) is 41.2 Å². The van der Waals surface area contributed by atoms with Crippen LogP contribution < -0.4 is 5.32 Å². The van der Waals surface area contributed by atoms with Gasteiger partial charge < -0.3 is 10.1 Å². The molecule has 0 aliphatic carbocycles. The van der Waals surface area contributed by atoms with Gasteiger partial charge in [0, 0.05) is 26.2 Å². The first kappa shape index (κ1) is 22.1. The fraction of sp³-hybridized carbons (Fsp3) is 0.375. The number of rotatable bonds is 6. The lowest BCUT2D eigenvalue weighted by Gasteiger charge is -2.35. The molecule has 2 aromatic carbocycles. The molecule has 4 rings (SSSR count). The van der Waals surface area contributed by atoms with Crippen LogP contribution in [0.2, 0.25) is 0 Å². The Kier molecular flexibility index (Phi) is 6.62. The van der Waals surface area contributed by atoms with E-state index in [4.69, 9.17) is 4.74 Å². The number of halogens is 1. The highest BCUT2D eigenvalue weighted by Crippen LogP contribution is 2.16. The first-order valence-corrected chi connectivity index (χ1v) is 10.8. The number of nitrogens with one attached hydrogen (secondary N) is 1. The molecule has 0 saturated carbocycles.